The van der Waals surface area contributed by atoms with Crippen LogP contribution in [0.3, 0.4) is 0 Å². The second kappa shape index (κ2) is 8.63. The van der Waals surface area contributed by atoms with Gasteiger partial charge in [0.25, 0.3) is 0 Å². The Kier molecular flexibility index (Phi) is 6.54. The van der Waals surface area contributed by atoms with Crippen LogP contribution in [0, 0.1) is 6.92 Å². The third-order valence-electron chi connectivity index (χ3n) is 3.54. The monoisotopic (exact) mass is 346 g/mol. The molecule has 1 aromatic heterocycles. The Morgan fingerprint density at radius 3 is 2.54 bits per heavy atom. The number of hydrogen-bond acceptors (Lipinski definition) is 5. The number of nitrogens with zero attached hydrogens (tertiary/aromatic N) is 3. The van der Waals surface area contributed by atoms with Crippen molar-refractivity contribution in [2.45, 2.75) is 38.9 Å². The summed E-state index contributed by atoms with van der Waals surface area (Å²) in [5, 5.41) is 11.8. The molecule has 0 fully saturated rings. The van der Waals surface area contributed by atoms with Crippen molar-refractivity contribution in [3.63, 3.8) is 0 Å². The summed E-state index contributed by atoms with van der Waals surface area (Å²) in [5.74, 6) is 1.16. The van der Waals surface area contributed by atoms with E-state index < -0.39 is 0 Å². The number of thioether (sulfide) groups is 1. The fourth-order valence-electron chi connectivity index (χ4n) is 2.23. The van der Waals surface area contributed by atoms with E-state index in [2.05, 4.69) is 15.5 Å². The Hall–Kier alpha value is -2.15. The molecule has 2 rings (SSSR count). The summed E-state index contributed by atoms with van der Waals surface area (Å²) in [5.41, 5.74) is 1.84. The second-order valence-electron chi connectivity index (χ2n) is 5.45. The van der Waals surface area contributed by atoms with Crippen LogP contribution >= 0.6 is 11.8 Å². The molecular weight excluding hydrogens is 324 g/mol. The normalized spacial score (nSPS) is 10.6. The first kappa shape index (κ1) is 18.2. The quantitative estimate of drug-likeness (QED) is 0.586. The molecule has 0 radical (unpaired) electrons. The van der Waals surface area contributed by atoms with Crippen LogP contribution in [0.1, 0.15) is 35.6 Å². The highest BCUT2D eigenvalue weighted by Crippen LogP contribution is 2.19. The molecule has 1 heterocycles. The van der Waals surface area contributed by atoms with Crippen LogP contribution in [-0.4, -0.2) is 38.8 Å². The van der Waals surface area contributed by atoms with Gasteiger partial charge in [-0.05, 0) is 13.8 Å². The first-order valence-electron chi connectivity index (χ1n) is 7.90. The first-order valence-corrected chi connectivity index (χ1v) is 8.89. The molecule has 2 aromatic rings. The predicted molar refractivity (Wildman–Crippen MR) is 94.3 cm³/mol. The minimum atomic E-state index is -0.0594. The van der Waals surface area contributed by atoms with E-state index >= 15 is 0 Å². The fourth-order valence-corrected chi connectivity index (χ4v) is 3.15. The van der Waals surface area contributed by atoms with Crippen molar-refractivity contribution in [1.29, 1.82) is 0 Å². The van der Waals surface area contributed by atoms with Gasteiger partial charge < -0.3 is 9.88 Å². The molecule has 1 N–H and O–H groups in total. The Morgan fingerprint density at radius 1 is 1.21 bits per heavy atom. The lowest BCUT2D eigenvalue weighted by molar-refractivity contribution is -0.118. The number of benzene rings is 1. The van der Waals surface area contributed by atoms with Gasteiger partial charge in [0.15, 0.2) is 10.9 Å². The number of carbonyl (C=O) groups is 2. The van der Waals surface area contributed by atoms with E-state index in [1.54, 1.807) is 0 Å². The molecule has 1 amide bonds. The van der Waals surface area contributed by atoms with Gasteiger partial charge in [0, 0.05) is 32.0 Å². The van der Waals surface area contributed by atoms with Gasteiger partial charge in [-0.15, -0.1) is 10.2 Å². The van der Waals surface area contributed by atoms with Gasteiger partial charge in [-0.25, -0.2) is 0 Å². The molecule has 0 bridgehead atoms. The average Bonchev–Trinajstić information content (AvgIpc) is 2.95. The van der Waals surface area contributed by atoms with Crippen LogP contribution < -0.4 is 5.32 Å². The zero-order chi connectivity index (χ0) is 17.5. The minimum absolute atomic E-state index is 0.0594. The SMILES string of the molecule is CCn1c(CCNC(C)=O)nnc1SCC(=O)c1ccc(C)cc1. The maximum atomic E-state index is 12.3. The highest BCUT2D eigenvalue weighted by atomic mass is 32.2. The minimum Gasteiger partial charge on any atom is -0.356 e. The summed E-state index contributed by atoms with van der Waals surface area (Å²) in [7, 11) is 0. The molecule has 6 nitrogen and oxygen atoms in total. The predicted octanol–water partition coefficient (Wildman–Crippen LogP) is 2.26. The van der Waals surface area contributed by atoms with E-state index in [4.69, 9.17) is 0 Å². The molecular formula is C17H22N4O2S. The molecule has 128 valence electrons. The summed E-state index contributed by atoms with van der Waals surface area (Å²) in [6.45, 7) is 6.75. The van der Waals surface area contributed by atoms with Crippen LogP contribution in [-0.2, 0) is 17.8 Å². The molecule has 24 heavy (non-hydrogen) atoms. The van der Waals surface area contributed by atoms with Crippen molar-refractivity contribution < 1.29 is 9.59 Å². The summed E-state index contributed by atoms with van der Waals surface area (Å²) in [6.07, 6.45) is 0.618. The van der Waals surface area contributed by atoms with Gasteiger partial charge in [0.05, 0.1) is 5.75 Å². The second-order valence-corrected chi connectivity index (χ2v) is 6.40. The van der Waals surface area contributed by atoms with Crippen LogP contribution in [0.2, 0.25) is 0 Å². The highest BCUT2D eigenvalue weighted by molar-refractivity contribution is 7.99. The van der Waals surface area contributed by atoms with Gasteiger partial charge in [-0.2, -0.15) is 0 Å². The van der Waals surface area contributed by atoms with E-state index in [-0.39, 0.29) is 11.7 Å². The molecule has 1 aromatic carbocycles. The van der Waals surface area contributed by atoms with Crippen molar-refractivity contribution in [2.24, 2.45) is 0 Å². The lowest BCUT2D eigenvalue weighted by atomic mass is 10.1. The van der Waals surface area contributed by atoms with Gasteiger partial charge in [-0.1, -0.05) is 41.6 Å². The van der Waals surface area contributed by atoms with Crippen LogP contribution in [0.4, 0.5) is 0 Å². The van der Waals surface area contributed by atoms with Gasteiger partial charge in [0.1, 0.15) is 5.82 Å². The first-order chi connectivity index (χ1) is 11.5. The number of Topliss-reactive ketones (excluding diaryl/α,β-unsaturated/α-hetero) is 1. The highest BCUT2D eigenvalue weighted by Gasteiger charge is 2.14. The zero-order valence-electron chi connectivity index (χ0n) is 14.2. The van der Waals surface area contributed by atoms with E-state index in [9.17, 15) is 9.59 Å². The molecule has 0 spiro atoms. The maximum Gasteiger partial charge on any atom is 0.216 e. The Balaban J connectivity index is 1.96. The van der Waals surface area contributed by atoms with Gasteiger partial charge in [0.2, 0.25) is 5.91 Å². The van der Waals surface area contributed by atoms with Gasteiger partial charge >= 0.3 is 0 Å². The van der Waals surface area contributed by atoms with Crippen LogP contribution in [0.15, 0.2) is 29.4 Å². The van der Waals surface area contributed by atoms with E-state index in [1.165, 1.54) is 18.7 Å². The lowest BCUT2D eigenvalue weighted by Crippen LogP contribution is -2.23. The molecule has 0 saturated carbocycles. The number of ketones is 1. The van der Waals surface area contributed by atoms with Crippen molar-refractivity contribution >= 4 is 23.5 Å². The van der Waals surface area contributed by atoms with E-state index in [0.29, 0.717) is 24.3 Å². The van der Waals surface area contributed by atoms with E-state index in [1.807, 2.05) is 42.7 Å². The Bertz CT molecular complexity index is 710. The standard InChI is InChI=1S/C17H22N4O2S/c1-4-21-16(9-10-18-13(3)22)19-20-17(21)24-11-15(23)14-7-5-12(2)6-8-14/h5-8H,4,9-11H2,1-3H3,(H,18,22). The summed E-state index contributed by atoms with van der Waals surface area (Å²) in [4.78, 5) is 23.2. The average molecular weight is 346 g/mol. The van der Waals surface area contributed by atoms with Crippen molar-refractivity contribution in [2.75, 3.05) is 12.3 Å². The molecule has 0 aliphatic rings. The number of rotatable bonds is 8. The number of aryl methyl sites for hydroxylation is 1. The molecule has 7 heteroatoms. The fraction of sp³-hybridized carbons (Fsp3) is 0.412. The topological polar surface area (TPSA) is 76.9 Å². The van der Waals surface area contributed by atoms with Crippen molar-refractivity contribution in [3.05, 3.63) is 41.2 Å². The zero-order valence-corrected chi connectivity index (χ0v) is 15.0. The smallest absolute Gasteiger partial charge is 0.216 e. The number of aromatic nitrogens is 3. The van der Waals surface area contributed by atoms with E-state index in [0.717, 1.165) is 23.1 Å². The van der Waals surface area contributed by atoms with Gasteiger partial charge in [-0.3, -0.25) is 9.59 Å². The lowest BCUT2D eigenvalue weighted by Gasteiger charge is -2.07. The summed E-state index contributed by atoms with van der Waals surface area (Å²) >= 11 is 1.39. The third-order valence-corrected chi connectivity index (χ3v) is 4.50. The summed E-state index contributed by atoms with van der Waals surface area (Å²) in [6, 6.07) is 7.57. The van der Waals surface area contributed by atoms with Crippen molar-refractivity contribution in [1.82, 2.24) is 20.1 Å². The molecule has 0 unspecified atom stereocenters. The number of amides is 1. The van der Waals surface area contributed by atoms with Crippen LogP contribution in [0.25, 0.3) is 0 Å². The molecule has 0 aliphatic carbocycles. The Morgan fingerprint density at radius 2 is 1.92 bits per heavy atom. The number of hydrogen-bond donors (Lipinski definition) is 1. The molecule has 0 saturated heterocycles. The Labute approximate surface area is 146 Å². The largest absolute Gasteiger partial charge is 0.356 e. The molecule has 0 aliphatic heterocycles. The van der Waals surface area contributed by atoms with Crippen molar-refractivity contribution in [3.8, 4) is 0 Å². The maximum absolute atomic E-state index is 12.3. The molecule has 0 atom stereocenters. The summed E-state index contributed by atoms with van der Waals surface area (Å²) < 4.78 is 1.98. The number of carbonyl (C=O) groups excluding carboxylic acids is 2. The third kappa shape index (κ3) is 4.92. The number of nitrogens with one attached hydrogen (secondary N) is 1. The van der Waals surface area contributed by atoms with Crippen LogP contribution in [0.5, 0.6) is 0 Å².